The Morgan fingerprint density at radius 2 is 1.77 bits per heavy atom. The molecule has 1 aromatic heterocycles. The summed E-state index contributed by atoms with van der Waals surface area (Å²) in [6.45, 7) is -0.976. The Morgan fingerprint density at radius 1 is 1.09 bits per heavy atom. The van der Waals surface area contributed by atoms with Crippen LogP contribution in [0.2, 0.25) is 0 Å². The van der Waals surface area contributed by atoms with Gasteiger partial charge in [-0.25, -0.2) is 0 Å². The quantitative estimate of drug-likeness (QED) is 0.857. The molecule has 2 rings (SSSR count). The molecule has 2 aromatic rings. The molecule has 0 aliphatic rings. The fraction of sp³-hybridized carbons (Fsp3) is 0.250. The minimum absolute atomic E-state index is 0.477. The van der Waals surface area contributed by atoms with E-state index in [1.54, 1.807) is 30.3 Å². The predicted molar refractivity (Wildman–Crippen MR) is 72.6 cm³/mol. The minimum Gasteiger partial charge on any atom is -0.466 e. The summed E-state index contributed by atoms with van der Waals surface area (Å²) < 4.78 is 44.7. The summed E-state index contributed by atoms with van der Waals surface area (Å²) in [5, 5.41) is 19.5. The van der Waals surface area contributed by atoms with Crippen molar-refractivity contribution in [1.29, 1.82) is 0 Å². The largest absolute Gasteiger partial charge is 0.466 e. The van der Waals surface area contributed by atoms with E-state index in [1.807, 2.05) is 0 Å². The second-order valence-corrected chi connectivity index (χ2v) is 4.61. The lowest BCUT2D eigenvalue weighted by Crippen LogP contribution is -2.49. The Labute approximate surface area is 125 Å². The van der Waals surface area contributed by atoms with Crippen LogP contribution >= 0.6 is 0 Å². The summed E-state index contributed by atoms with van der Waals surface area (Å²) in [6.07, 6.45) is -4.03. The van der Waals surface area contributed by atoms with Crippen LogP contribution in [-0.2, 0) is 5.60 Å². The SMILES string of the molecule is OC[C@H](C#Cc1ccccc1)[C@](O)(c1ccco1)C(F)(F)F. The number of aliphatic hydroxyl groups is 2. The van der Waals surface area contributed by atoms with Gasteiger partial charge in [0.1, 0.15) is 5.76 Å². The normalized spacial score (nSPS) is 15.5. The summed E-state index contributed by atoms with van der Waals surface area (Å²) in [5.74, 6) is 2.33. The number of aliphatic hydroxyl groups excluding tert-OH is 1. The predicted octanol–water partition coefficient (Wildman–Crippen LogP) is 2.69. The van der Waals surface area contributed by atoms with Crippen molar-refractivity contribution in [3.8, 4) is 11.8 Å². The van der Waals surface area contributed by atoms with Crippen LogP contribution in [0.5, 0.6) is 0 Å². The second-order valence-electron chi connectivity index (χ2n) is 4.61. The molecule has 0 radical (unpaired) electrons. The first-order valence-corrected chi connectivity index (χ1v) is 6.40. The zero-order valence-corrected chi connectivity index (χ0v) is 11.3. The zero-order valence-electron chi connectivity index (χ0n) is 11.3. The van der Waals surface area contributed by atoms with Gasteiger partial charge in [-0.15, -0.1) is 0 Å². The number of alkyl halides is 3. The van der Waals surface area contributed by atoms with Gasteiger partial charge in [0.25, 0.3) is 0 Å². The third-order valence-electron chi connectivity index (χ3n) is 3.18. The molecule has 1 heterocycles. The molecule has 0 amide bonds. The van der Waals surface area contributed by atoms with Gasteiger partial charge >= 0.3 is 6.18 Å². The van der Waals surface area contributed by atoms with Crippen LogP contribution < -0.4 is 0 Å². The highest BCUT2D eigenvalue weighted by molar-refractivity contribution is 5.35. The summed E-state index contributed by atoms with van der Waals surface area (Å²) in [6, 6.07) is 10.6. The van der Waals surface area contributed by atoms with Crippen molar-refractivity contribution in [1.82, 2.24) is 0 Å². The first-order chi connectivity index (χ1) is 10.4. The van der Waals surface area contributed by atoms with Crippen LogP contribution in [0.25, 0.3) is 0 Å². The van der Waals surface area contributed by atoms with Crippen LogP contribution in [-0.4, -0.2) is 23.0 Å². The molecule has 3 nitrogen and oxygen atoms in total. The zero-order chi connectivity index (χ0) is 16.2. The van der Waals surface area contributed by atoms with Crippen molar-refractivity contribution >= 4 is 0 Å². The van der Waals surface area contributed by atoms with Crippen molar-refractivity contribution in [2.45, 2.75) is 11.8 Å². The molecule has 0 fully saturated rings. The topological polar surface area (TPSA) is 53.6 Å². The highest BCUT2D eigenvalue weighted by Gasteiger charge is 2.61. The molecule has 0 saturated carbocycles. The molecule has 2 atom stereocenters. The second kappa shape index (κ2) is 6.26. The van der Waals surface area contributed by atoms with Gasteiger partial charge in [0.05, 0.1) is 18.8 Å². The Balaban J connectivity index is 2.44. The molecule has 1 aromatic carbocycles. The smallest absolute Gasteiger partial charge is 0.425 e. The van der Waals surface area contributed by atoms with Crippen LogP contribution in [0.1, 0.15) is 11.3 Å². The van der Waals surface area contributed by atoms with E-state index in [0.29, 0.717) is 5.56 Å². The minimum atomic E-state index is -5.05. The van der Waals surface area contributed by atoms with Gasteiger partial charge in [-0.2, -0.15) is 13.2 Å². The lowest BCUT2D eigenvalue weighted by Gasteiger charge is -2.32. The van der Waals surface area contributed by atoms with Crippen molar-refractivity contribution in [3.05, 3.63) is 60.1 Å². The number of rotatable bonds is 3. The Hall–Kier alpha value is -2.23. The number of hydrogen-bond acceptors (Lipinski definition) is 3. The van der Waals surface area contributed by atoms with E-state index >= 15 is 0 Å². The molecule has 0 saturated heterocycles. The molecule has 0 spiro atoms. The Morgan fingerprint density at radius 3 is 2.27 bits per heavy atom. The summed E-state index contributed by atoms with van der Waals surface area (Å²) in [5.41, 5.74) is -2.91. The molecule has 22 heavy (non-hydrogen) atoms. The lowest BCUT2D eigenvalue weighted by molar-refractivity contribution is -0.289. The van der Waals surface area contributed by atoms with Gasteiger partial charge < -0.3 is 14.6 Å². The van der Waals surface area contributed by atoms with Gasteiger partial charge in [0.15, 0.2) is 0 Å². The monoisotopic (exact) mass is 310 g/mol. The highest BCUT2D eigenvalue weighted by Crippen LogP contribution is 2.44. The van der Waals surface area contributed by atoms with E-state index in [2.05, 4.69) is 11.8 Å². The van der Waals surface area contributed by atoms with Crippen molar-refractivity contribution in [2.24, 2.45) is 5.92 Å². The highest BCUT2D eigenvalue weighted by atomic mass is 19.4. The van der Waals surface area contributed by atoms with Crippen LogP contribution in [0, 0.1) is 17.8 Å². The molecule has 0 aliphatic carbocycles. The van der Waals surface area contributed by atoms with E-state index in [-0.39, 0.29) is 0 Å². The van der Waals surface area contributed by atoms with E-state index in [1.165, 1.54) is 6.07 Å². The fourth-order valence-corrected chi connectivity index (χ4v) is 1.98. The molecule has 0 unspecified atom stereocenters. The van der Waals surface area contributed by atoms with Gasteiger partial charge in [0.2, 0.25) is 5.60 Å². The standard InChI is InChI=1S/C16H13F3O3/c17-16(18,19)15(21,14-7-4-10-22-14)13(11-20)9-8-12-5-2-1-3-6-12/h1-7,10,13,20-21H,11H2/t13-,15-/m0/s1. The fourth-order valence-electron chi connectivity index (χ4n) is 1.98. The molecule has 116 valence electrons. The average Bonchev–Trinajstić information content (AvgIpc) is 3.02. The summed E-state index contributed by atoms with van der Waals surface area (Å²) in [7, 11) is 0. The molecule has 0 bridgehead atoms. The lowest BCUT2D eigenvalue weighted by atomic mass is 9.85. The van der Waals surface area contributed by atoms with Gasteiger partial charge in [-0.05, 0) is 24.3 Å². The first-order valence-electron chi connectivity index (χ1n) is 6.40. The number of hydrogen-bond donors (Lipinski definition) is 2. The van der Waals surface area contributed by atoms with Crippen LogP contribution in [0.4, 0.5) is 13.2 Å². The van der Waals surface area contributed by atoms with E-state index < -0.39 is 30.1 Å². The number of furan rings is 1. The van der Waals surface area contributed by atoms with Crippen molar-refractivity contribution in [2.75, 3.05) is 6.61 Å². The maximum Gasteiger partial charge on any atom is 0.425 e. The van der Waals surface area contributed by atoms with Crippen molar-refractivity contribution < 1.29 is 27.8 Å². The van der Waals surface area contributed by atoms with Gasteiger partial charge in [0, 0.05) is 5.56 Å². The van der Waals surface area contributed by atoms with Crippen LogP contribution in [0.3, 0.4) is 0 Å². The van der Waals surface area contributed by atoms with E-state index in [0.717, 1.165) is 12.3 Å². The molecular formula is C16H13F3O3. The van der Waals surface area contributed by atoms with Gasteiger partial charge in [-0.3, -0.25) is 0 Å². The molecule has 6 heteroatoms. The third-order valence-corrected chi connectivity index (χ3v) is 3.18. The van der Waals surface area contributed by atoms with Crippen molar-refractivity contribution in [3.63, 3.8) is 0 Å². The summed E-state index contributed by atoms with van der Waals surface area (Å²) >= 11 is 0. The van der Waals surface area contributed by atoms with Gasteiger partial charge in [-0.1, -0.05) is 30.0 Å². The first kappa shape index (κ1) is 16.1. The number of halogens is 3. The van der Waals surface area contributed by atoms with E-state index in [4.69, 9.17) is 4.42 Å². The molecule has 2 N–H and O–H groups in total. The number of benzene rings is 1. The maximum atomic E-state index is 13.3. The summed E-state index contributed by atoms with van der Waals surface area (Å²) in [4.78, 5) is 0. The Kier molecular flexibility index (Phi) is 4.59. The van der Waals surface area contributed by atoms with E-state index in [9.17, 15) is 23.4 Å². The Bertz CT molecular complexity index is 653. The third kappa shape index (κ3) is 3.01. The molecular weight excluding hydrogens is 297 g/mol. The molecule has 0 aliphatic heterocycles. The maximum absolute atomic E-state index is 13.3. The average molecular weight is 310 g/mol. The van der Waals surface area contributed by atoms with Crippen LogP contribution in [0.15, 0.2) is 53.1 Å².